The van der Waals surface area contributed by atoms with Gasteiger partial charge in [-0.1, -0.05) is 95.1 Å². The first kappa shape index (κ1) is 59.2. The van der Waals surface area contributed by atoms with Crippen molar-refractivity contribution < 1.29 is 74.5 Å². The molecule has 16 nitrogen and oxygen atoms in total. The first-order chi connectivity index (χ1) is 52.8. The Morgan fingerprint density at radius 2 is 0.213 bits per heavy atom. The van der Waals surface area contributed by atoms with Gasteiger partial charge in [0, 0.05) is 43.7 Å². The highest BCUT2D eigenvalue weighted by molar-refractivity contribution is 6.70. The second-order valence-corrected chi connectivity index (χ2v) is 29.8. The minimum Gasteiger partial charge on any atom is -0.519 e. The average molecular weight is 1400 g/mol. The molecule has 24 heteroatoms. The Hall–Kier alpha value is -13.1. The Bertz CT molecular complexity index is 5420. The van der Waals surface area contributed by atoms with Gasteiger partial charge in [0.15, 0.2) is 0 Å². The summed E-state index contributed by atoms with van der Waals surface area (Å²) in [7, 11) is -5.65. The van der Waals surface area contributed by atoms with Gasteiger partial charge in [-0.05, 0) is 259 Å². The summed E-state index contributed by atoms with van der Waals surface area (Å²) in [5.74, 6) is 10.3. The fourth-order valence-corrected chi connectivity index (χ4v) is 17.1. The van der Waals surface area contributed by atoms with Gasteiger partial charge in [-0.15, -0.1) is 0 Å². The third kappa shape index (κ3) is 9.28. The molecule has 16 aromatic rings. The van der Waals surface area contributed by atoms with Gasteiger partial charge in [-0.25, -0.2) is 0 Å². The summed E-state index contributed by atoms with van der Waals surface area (Å²) in [5, 5.41) is 15.8. The molecule has 0 spiro atoms. The maximum Gasteiger partial charge on any atom is 0.632 e. The van der Waals surface area contributed by atoms with Gasteiger partial charge >= 0.3 is 56.9 Å². The molecule has 108 heavy (non-hydrogen) atoms. The number of rotatable bonds is 0. The van der Waals surface area contributed by atoms with Gasteiger partial charge in [-0.3, -0.25) is 0 Å². The quantitative estimate of drug-likeness (QED) is 0.105. The summed E-state index contributed by atoms with van der Waals surface area (Å²) in [6, 6.07) is 74.6. The van der Waals surface area contributed by atoms with Crippen LogP contribution in [0.1, 0.15) is 22.3 Å². The van der Waals surface area contributed by atoms with Gasteiger partial charge in [-0.2, -0.15) is 0 Å². The highest BCUT2D eigenvalue weighted by Gasteiger charge is 2.45. The number of benzene rings is 16. The van der Waals surface area contributed by atoms with Crippen molar-refractivity contribution in [3.63, 3.8) is 0 Å². The fraction of sp³-hybridized carbons (Fsp3) is 0.0476. The van der Waals surface area contributed by atoms with Crippen LogP contribution in [-0.4, -0.2) is 56.9 Å². The van der Waals surface area contributed by atoms with Crippen LogP contribution in [0.3, 0.4) is 0 Å². The minimum absolute atomic E-state index is 0.646. The lowest BCUT2D eigenvalue weighted by molar-refractivity contribution is 0.516. The van der Waals surface area contributed by atoms with Crippen molar-refractivity contribution in [2.75, 3.05) is 0 Å². The first-order valence-electron chi connectivity index (χ1n) is 36.1. The second kappa shape index (κ2) is 21.3. The third-order valence-electron chi connectivity index (χ3n) is 22.1. The molecule has 0 radical (unpaired) electrons. The van der Waals surface area contributed by atoms with Gasteiger partial charge < -0.3 is 74.5 Å². The maximum absolute atomic E-state index is 6.63. The molecule has 0 N–H and O–H groups in total. The van der Waals surface area contributed by atoms with Crippen molar-refractivity contribution in [3.8, 4) is 92.0 Å². The van der Waals surface area contributed by atoms with Crippen LogP contribution in [0.2, 0.25) is 0 Å². The molecular weight excluding hydrogens is 1350 g/mol. The summed E-state index contributed by atoms with van der Waals surface area (Å²) in [6.07, 6.45) is 0. The van der Waals surface area contributed by atoms with E-state index in [2.05, 4.69) is 97.1 Å². The Morgan fingerprint density at radius 3 is 0.306 bits per heavy atom. The number of aryl methyl sites for hydroxylation is 4. The molecule has 36 rings (SSSR count). The molecule has 20 heterocycles. The lowest BCUT2D eigenvalue weighted by Gasteiger charge is -2.11. The van der Waals surface area contributed by atoms with E-state index in [9.17, 15) is 0 Å². The van der Waals surface area contributed by atoms with Gasteiger partial charge in [0.2, 0.25) is 0 Å². The lowest BCUT2D eigenvalue weighted by Crippen LogP contribution is -2.45. The van der Waals surface area contributed by atoms with E-state index in [4.69, 9.17) is 74.5 Å². The van der Waals surface area contributed by atoms with Crippen LogP contribution in [-0.2, 0) is 0 Å². The van der Waals surface area contributed by atoms with E-state index in [0.29, 0.717) is 92.0 Å². The molecule has 0 unspecified atom stereocenters. The largest absolute Gasteiger partial charge is 0.632 e. The average Bonchev–Trinajstić information content (AvgIpc) is 1.57. The third-order valence-corrected chi connectivity index (χ3v) is 22.1. The van der Waals surface area contributed by atoms with E-state index in [1.807, 2.05) is 149 Å². The zero-order chi connectivity index (χ0) is 70.8. The minimum atomic E-state index is -0.706. The van der Waals surface area contributed by atoms with Crippen molar-refractivity contribution in [3.05, 3.63) is 241 Å². The van der Waals surface area contributed by atoms with Crippen molar-refractivity contribution in [1.29, 1.82) is 0 Å². The van der Waals surface area contributed by atoms with Gasteiger partial charge in [0.05, 0.1) is 0 Å². The van der Waals surface area contributed by atoms with E-state index in [1.54, 1.807) is 0 Å². The van der Waals surface area contributed by atoms with Crippen LogP contribution in [0.4, 0.5) is 0 Å². The normalized spacial score (nSPS) is 15.1. The van der Waals surface area contributed by atoms with Crippen LogP contribution in [0, 0.1) is 27.7 Å². The Balaban J connectivity index is 0.535. The monoisotopic (exact) mass is 1400 g/mol. The Labute approximate surface area is 618 Å². The van der Waals surface area contributed by atoms with Crippen molar-refractivity contribution in [2.45, 2.75) is 27.7 Å². The SMILES string of the molecule is Cc1cc2cc(c1)B1Oc3cc4cc5cc6c(cc5cc4cc3O1)OB(O6)c1cc(C)cc(c1)B1Oc3cc4cc5cc6c(cc5cc4cc3O1)OB(O6)c1cc(C)cc(c1)B1Oc3cc4cc5cc6c(cc5cc4cc3O1)OB(O6)c1cc(C)cc(c1)B1Oc3cc4cc5cc6c(cc5cc4cc3O1)OB2O6. The van der Waals surface area contributed by atoms with E-state index in [1.165, 1.54) is 0 Å². The van der Waals surface area contributed by atoms with Crippen molar-refractivity contribution >= 4 is 187 Å². The molecule has 0 amide bonds. The predicted octanol–water partition coefficient (Wildman–Crippen LogP) is 11.8. The molecule has 504 valence electrons. The Morgan fingerprint density at radius 1 is 0.120 bits per heavy atom. The maximum atomic E-state index is 6.63. The highest BCUT2D eigenvalue weighted by atomic mass is 16.7. The van der Waals surface area contributed by atoms with Gasteiger partial charge in [0.25, 0.3) is 0 Å². The van der Waals surface area contributed by atoms with Crippen molar-refractivity contribution in [1.82, 2.24) is 0 Å². The number of hydrogen-bond donors (Lipinski definition) is 0. The summed E-state index contributed by atoms with van der Waals surface area (Å²) in [6.45, 7) is 8.20. The molecule has 20 aliphatic heterocycles. The zero-order valence-electron chi connectivity index (χ0n) is 57.9. The van der Waals surface area contributed by atoms with Crippen LogP contribution >= 0.6 is 0 Å². The second-order valence-electron chi connectivity index (χ2n) is 29.8. The number of hydrogen-bond acceptors (Lipinski definition) is 16. The molecule has 0 saturated carbocycles. The van der Waals surface area contributed by atoms with Crippen LogP contribution in [0.5, 0.6) is 92.0 Å². The molecule has 0 saturated heterocycles. The predicted molar refractivity (Wildman–Crippen MR) is 424 cm³/mol. The molecule has 0 fully saturated rings. The molecule has 0 atom stereocenters. The summed E-state index contributed by atoms with van der Waals surface area (Å²) >= 11 is 0. The topological polar surface area (TPSA) is 148 Å². The van der Waals surface area contributed by atoms with Gasteiger partial charge in [0.1, 0.15) is 92.0 Å². The Kier molecular flexibility index (Phi) is 11.7. The summed E-state index contributed by atoms with van der Waals surface area (Å²) in [5.41, 5.74) is 10.7. The summed E-state index contributed by atoms with van der Waals surface area (Å²) in [4.78, 5) is 0. The van der Waals surface area contributed by atoms with Crippen LogP contribution in [0.25, 0.3) is 86.2 Å². The van der Waals surface area contributed by atoms with E-state index in [-0.39, 0.29) is 0 Å². The summed E-state index contributed by atoms with van der Waals surface area (Å²) < 4.78 is 106. The molecule has 0 aliphatic carbocycles. The lowest BCUT2D eigenvalue weighted by atomic mass is 9.71. The standard InChI is InChI=1S/C84H48B8O16/c1-41-5-61-37-62(6-41)86-95-71-23-47-15-51-27-75-76(28-52(51)16-48(47)24-72(71)96-86)100-88(99-75)64-8-43(3)10-66(39-64)90-103-79-31-55-19-59-35-83-84(36-60(59)20-56(55)32-80(79)104-90)108-92(107-83)68-12-44(4)11-67(40-68)91-105-81-33-57-17-53-29-77-78(30-54(53)18-58(57)34-82(81)106-91)102-89(101-77)65-9-42(2)7-63(38-65)87-97-73-25-49-13-45-21-69-70(94-85(61)93-69)22-46(45)14-50(49)26-74(73)98-87/h5-40H,1-4H3. The first-order valence-corrected chi connectivity index (χ1v) is 36.1. The van der Waals surface area contributed by atoms with Crippen LogP contribution in [0.15, 0.2) is 218 Å². The van der Waals surface area contributed by atoms with E-state index in [0.717, 1.165) is 152 Å². The highest BCUT2D eigenvalue weighted by Crippen LogP contribution is 2.48. The zero-order valence-corrected chi connectivity index (χ0v) is 57.9. The molecule has 48 bridgehead atoms. The van der Waals surface area contributed by atoms with E-state index >= 15 is 0 Å². The fourth-order valence-electron chi connectivity index (χ4n) is 17.1. The van der Waals surface area contributed by atoms with E-state index < -0.39 is 56.9 Å². The van der Waals surface area contributed by atoms with Crippen molar-refractivity contribution in [2.24, 2.45) is 0 Å². The molecule has 16 aromatic carbocycles. The van der Waals surface area contributed by atoms with Crippen LogP contribution < -0.4 is 118 Å². The molecule has 20 aliphatic rings. The smallest absolute Gasteiger partial charge is 0.519 e. The molecular formula is C84H48B8O16. The molecule has 0 aromatic heterocycles.